The quantitative estimate of drug-likeness (QED) is 0.573. The molecular weight excluding hydrogens is 347 g/mol. The van der Waals surface area contributed by atoms with E-state index in [1.165, 1.54) is 17.2 Å². The minimum Gasteiger partial charge on any atom is -0.451 e. The molecule has 0 amide bonds. The molecule has 0 spiro atoms. The van der Waals surface area contributed by atoms with E-state index in [4.69, 9.17) is 27.9 Å². The van der Waals surface area contributed by atoms with Crippen LogP contribution in [0.4, 0.5) is 0 Å². The predicted molar refractivity (Wildman–Crippen MR) is 94.1 cm³/mol. The fourth-order valence-corrected chi connectivity index (χ4v) is 3.28. The lowest BCUT2D eigenvalue weighted by atomic mass is 10.0. The van der Waals surface area contributed by atoms with Crippen molar-refractivity contribution in [1.82, 2.24) is 0 Å². The summed E-state index contributed by atoms with van der Waals surface area (Å²) < 4.78 is 5.28. The van der Waals surface area contributed by atoms with Crippen molar-refractivity contribution in [3.8, 4) is 0 Å². The van der Waals surface area contributed by atoms with E-state index in [2.05, 4.69) is 0 Å². The van der Waals surface area contributed by atoms with E-state index in [1.807, 2.05) is 12.1 Å². The fraction of sp³-hybridized carbons (Fsp3) is 0.263. The third-order valence-corrected chi connectivity index (χ3v) is 5.03. The van der Waals surface area contributed by atoms with Gasteiger partial charge >= 0.3 is 5.97 Å². The van der Waals surface area contributed by atoms with E-state index >= 15 is 0 Å². The largest absolute Gasteiger partial charge is 0.451 e. The van der Waals surface area contributed by atoms with Gasteiger partial charge in [-0.05, 0) is 55.5 Å². The van der Waals surface area contributed by atoms with E-state index in [0.717, 1.165) is 19.3 Å². The number of hydrogen-bond donors (Lipinski definition) is 0. The Hall–Kier alpha value is -1.84. The molecule has 3 nitrogen and oxygen atoms in total. The second-order valence-corrected chi connectivity index (χ2v) is 6.64. The van der Waals surface area contributed by atoms with Gasteiger partial charge in [0.25, 0.3) is 0 Å². The zero-order chi connectivity index (χ0) is 17.3. The lowest BCUT2D eigenvalue weighted by molar-refractivity contribution is 0.0319. The third-order valence-electron chi connectivity index (χ3n) is 4.21. The molecule has 0 bridgehead atoms. The molecule has 0 fully saturated rings. The molecule has 0 aromatic heterocycles. The third kappa shape index (κ3) is 3.33. The molecule has 0 saturated carbocycles. The Bertz CT molecular complexity index is 814. The summed E-state index contributed by atoms with van der Waals surface area (Å²) in [4.78, 5) is 24.8. The monoisotopic (exact) mass is 362 g/mol. The highest BCUT2D eigenvalue weighted by atomic mass is 35.5. The fourth-order valence-electron chi connectivity index (χ4n) is 2.90. The summed E-state index contributed by atoms with van der Waals surface area (Å²) in [5, 5.41) is 0.394. The first-order valence-electron chi connectivity index (χ1n) is 7.78. The van der Waals surface area contributed by atoms with Crippen LogP contribution in [-0.2, 0) is 17.6 Å². The Morgan fingerprint density at radius 2 is 1.83 bits per heavy atom. The molecule has 1 atom stereocenters. The highest BCUT2D eigenvalue weighted by Gasteiger charge is 2.23. The number of fused-ring (bicyclic) bond motifs is 1. The van der Waals surface area contributed by atoms with Gasteiger partial charge in [-0.1, -0.05) is 41.4 Å². The number of ether oxygens (including phenoxy) is 1. The molecule has 2 aromatic carbocycles. The smallest absolute Gasteiger partial charge is 0.340 e. The van der Waals surface area contributed by atoms with Gasteiger partial charge in [0.15, 0.2) is 6.10 Å². The van der Waals surface area contributed by atoms with Gasteiger partial charge in [-0.3, -0.25) is 4.79 Å². The Labute approximate surface area is 150 Å². The Morgan fingerprint density at radius 3 is 2.62 bits per heavy atom. The van der Waals surface area contributed by atoms with E-state index in [0.29, 0.717) is 5.56 Å². The molecule has 5 heteroatoms. The highest BCUT2D eigenvalue weighted by molar-refractivity contribution is 6.43. The van der Waals surface area contributed by atoms with Gasteiger partial charge in [-0.25, -0.2) is 4.79 Å². The van der Waals surface area contributed by atoms with Gasteiger partial charge in [0.05, 0.1) is 15.6 Å². The van der Waals surface area contributed by atoms with Crippen LogP contribution in [0.25, 0.3) is 0 Å². The lowest BCUT2D eigenvalue weighted by Crippen LogP contribution is -2.24. The molecule has 0 N–H and O–H groups in total. The molecular formula is C19H16Cl2O3. The topological polar surface area (TPSA) is 43.4 Å². The van der Waals surface area contributed by atoms with Crippen molar-refractivity contribution in [3.63, 3.8) is 0 Å². The average Bonchev–Trinajstić information content (AvgIpc) is 3.04. The number of Topliss-reactive ketones (excluding diaryl/α,β-unsaturated/α-hetero) is 1. The van der Waals surface area contributed by atoms with Crippen LogP contribution < -0.4 is 0 Å². The molecule has 0 aliphatic heterocycles. The van der Waals surface area contributed by atoms with E-state index in [1.54, 1.807) is 25.1 Å². The van der Waals surface area contributed by atoms with Crippen LogP contribution in [0.15, 0.2) is 36.4 Å². The van der Waals surface area contributed by atoms with Crippen LogP contribution in [0, 0.1) is 0 Å². The molecule has 0 radical (unpaired) electrons. The Balaban J connectivity index is 1.74. The van der Waals surface area contributed by atoms with E-state index in [9.17, 15) is 9.59 Å². The van der Waals surface area contributed by atoms with E-state index < -0.39 is 12.1 Å². The number of benzene rings is 2. The number of hydrogen-bond acceptors (Lipinski definition) is 3. The Morgan fingerprint density at radius 1 is 1.08 bits per heavy atom. The summed E-state index contributed by atoms with van der Waals surface area (Å²) in [6.07, 6.45) is 2.27. The van der Waals surface area contributed by atoms with Crippen molar-refractivity contribution in [1.29, 1.82) is 0 Å². The molecule has 1 aliphatic rings. The van der Waals surface area contributed by atoms with Crippen molar-refractivity contribution in [2.75, 3.05) is 0 Å². The van der Waals surface area contributed by atoms with Gasteiger partial charge in [0.1, 0.15) is 0 Å². The number of carbonyl (C=O) groups excluding carboxylic acids is 2. The van der Waals surface area contributed by atoms with Gasteiger partial charge < -0.3 is 4.74 Å². The first kappa shape index (κ1) is 17.0. The van der Waals surface area contributed by atoms with Crippen LogP contribution in [-0.4, -0.2) is 17.9 Å². The first-order valence-corrected chi connectivity index (χ1v) is 8.54. The van der Waals surface area contributed by atoms with Crippen LogP contribution in [0.5, 0.6) is 0 Å². The first-order chi connectivity index (χ1) is 11.5. The molecule has 1 aliphatic carbocycles. The summed E-state index contributed by atoms with van der Waals surface area (Å²) in [5.41, 5.74) is 3.21. The molecule has 0 unspecified atom stereocenters. The minimum atomic E-state index is -0.896. The number of rotatable bonds is 4. The van der Waals surface area contributed by atoms with Crippen molar-refractivity contribution in [2.45, 2.75) is 32.3 Å². The summed E-state index contributed by atoms with van der Waals surface area (Å²) in [5.74, 6) is -0.888. The molecule has 24 heavy (non-hydrogen) atoms. The molecule has 0 heterocycles. The van der Waals surface area contributed by atoms with Crippen LogP contribution in [0.3, 0.4) is 0 Å². The normalized spacial score (nSPS) is 14.1. The van der Waals surface area contributed by atoms with Gasteiger partial charge in [-0.15, -0.1) is 0 Å². The maximum Gasteiger partial charge on any atom is 0.340 e. The van der Waals surface area contributed by atoms with Crippen LogP contribution >= 0.6 is 23.2 Å². The summed E-state index contributed by atoms with van der Waals surface area (Å²) >= 11 is 11.9. The highest BCUT2D eigenvalue weighted by Crippen LogP contribution is 2.27. The number of carbonyl (C=O) groups is 2. The standard InChI is InChI=1S/C19H16Cl2O3/c1-11(24-19(23)15-6-3-7-16(20)17(15)21)18(22)14-9-8-12-4-2-5-13(12)10-14/h3,6-11H,2,4-5H2,1H3/t11-/m1/s1. The summed E-state index contributed by atoms with van der Waals surface area (Å²) in [7, 11) is 0. The zero-order valence-corrected chi connectivity index (χ0v) is 14.7. The lowest BCUT2D eigenvalue weighted by Gasteiger charge is -2.14. The summed E-state index contributed by atoms with van der Waals surface area (Å²) in [6.45, 7) is 1.56. The van der Waals surface area contributed by atoms with Crippen molar-refractivity contribution >= 4 is 35.0 Å². The van der Waals surface area contributed by atoms with E-state index in [-0.39, 0.29) is 21.4 Å². The number of ketones is 1. The molecule has 2 aromatic rings. The second kappa shape index (κ2) is 6.96. The van der Waals surface area contributed by atoms with Gasteiger partial charge in [0.2, 0.25) is 5.78 Å². The second-order valence-electron chi connectivity index (χ2n) is 5.85. The molecule has 124 valence electrons. The van der Waals surface area contributed by atoms with Gasteiger partial charge in [0, 0.05) is 5.56 Å². The Kier molecular flexibility index (Phi) is 4.93. The SMILES string of the molecule is C[C@@H](OC(=O)c1cccc(Cl)c1Cl)C(=O)c1ccc2c(c1)CCC2. The summed E-state index contributed by atoms with van der Waals surface area (Å²) in [6, 6.07) is 10.4. The maximum absolute atomic E-state index is 12.5. The van der Waals surface area contributed by atoms with Crippen molar-refractivity contribution in [3.05, 3.63) is 68.7 Å². The molecule has 3 rings (SSSR count). The number of esters is 1. The van der Waals surface area contributed by atoms with Crippen molar-refractivity contribution < 1.29 is 14.3 Å². The van der Waals surface area contributed by atoms with Gasteiger partial charge in [-0.2, -0.15) is 0 Å². The van der Waals surface area contributed by atoms with Crippen molar-refractivity contribution in [2.24, 2.45) is 0 Å². The van der Waals surface area contributed by atoms with Crippen LogP contribution in [0.2, 0.25) is 10.0 Å². The molecule has 0 saturated heterocycles. The average molecular weight is 363 g/mol. The minimum absolute atomic E-state index is 0.126. The maximum atomic E-state index is 12.5. The number of aryl methyl sites for hydroxylation is 2. The zero-order valence-electron chi connectivity index (χ0n) is 13.1. The predicted octanol–water partition coefficient (Wildman–Crippen LogP) is 4.91. The van der Waals surface area contributed by atoms with Crippen LogP contribution in [0.1, 0.15) is 45.2 Å². The number of halogens is 2.